The summed E-state index contributed by atoms with van der Waals surface area (Å²) in [5.41, 5.74) is 5.23. The molecule has 258 valence electrons. The molecule has 0 spiro atoms. The standard InChI is InChI=1S/C44H64O3/c1-4-6-7-8-9-10-11-12-13-14-15-16-17-18-19-20-21-22-36-46-37(3)39-28-30-40(31-29-39)41-32-34-43(35-33-41)47-44(45)42-26-24-38(23-5-2)25-27-42/h24-35,37H,4-23,36H2,1-3H3. The Kier molecular flexibility index (Phi) is 19.9. The van der Waals surface area contributed by atoms with E-state index < -0.39 is 0 Å². The van der Waals surface area contributed by atoms with E-state index in [1.54, 1.807) is 0 Å². The van der Waals surface area contributed by atoms with Crippen LogP contribution in [0.4, 0.5) is 0 Å². The maximum atomic E-state index is 12.6. The van der Waals surface area contributed by atoms with E-state index in [9.17, 15) is 4.79 Å². The first-order chi connectivity index (χ1) is 23.1. The van der Waals surface area contributed by atoms with Crippen LogP contribution in [-0.4, -0.2) is 12.6 Å². The number of unbranched alkanes of at least 4 members (excludes halogenated alkanes) is 17. The van der Waals surface area contributed by atoms with Crippen LogP contribution < -0.4 is 4.74 Å². The lowest BCUT2D eigenvalue weighted by Crippen LogP contribution is -2.08. The maximum Gasteiger partial charge on any atom is 0.343 e. The maximum absolute atomic E-state index is 12.6. The molecule has 0 N–H and O–H groups in total. The highest BCUT2D eigenvalue weighted by atomic mass is 16.5. The normalized spacial score (nSPS) is 11.9. The second-order valence-corrected chi connectivity index (χ2v) is 13.5. The molecule has 0 fully saturated rings. The van der Waals surface area contributed by atoms with Crippen molar-refractivity contribution in [2.45, 2.75) is 155 Å². The number of aryl methyl sites for hydroxylation is 1. The summed E-state index contributed by atoms with van der Waals surface area (Å²) >= 11 is 0. The topological polar surface area (TPSA) is 35.5 Å². The Bertz CT molecular complexity index is 1200. The molecule has 0 bridgehead atoms. The summed E-state index contributed by atoms with van der Waals surface area (Å²) in [6, 6.07) is 24.0. The molecule has 0 amide bonds. The number of ether oxygens (including phenoxy) is 2. The molecule has 0 radical (unpaired) electrons. The second kappa shape index (κ2) is 24.3. The fraction of sp³-hybridized carbons (Fsp3) is 0.568. The van der Waals surface area contributed by atoms with Crippen molar-refractivity contribution in [1.29, 1.82) is 0 Å². The van der Waals surface area contributed by atoms with Crippen molar-refractivity contribution in [3.8, 4) is 16.9 Å². The number of esters is 1. The number of hydrogen-bond donors (Lipinski definition) is 0. The number of hydrogen-bond acceptors (Lipinski definition) is 3. The third-order valence-electron chi connectivity index (χ3n) is 9.37. The quantitative estimate of drug-likeness (QED) is 0.0497. The fourth-order valence-electron chi connectivity index (χ4n) is 6.28. The first-order valence-electron chi connectivity index (χ1n) is 19.2. The Morgan fingerprint density at radius 1 is 0.532 bits per heavy atom. The van der Waals surface area contributed by atoms with Gasteiger partial charge in [-0.2, -0.15) is 0 Å². The molecule has 0 heterocycles. The average Bonchev–Trinajstić information content (AvgIpc) is 3.10. The molecule has 0 saturated heterocycles. The largest absolute Gasteiger partial charge is 0.423 e. The van der Waals surface area contributed by atoms with Crippen LogP contribution in [0.5, 0.6) is 5.75 Å². The molecule has 1 unspecified atom stereocenters. The number of rotatable bonds is 26. The third kappa shape index (κ3) is 16.2. The van der Waals surface area contributed by atoms with Gasteiger partial charge in [0.1, 0.15) is 5.75 Å². The zero-order valence-corrected chi connectivity index (χ0v) is 30.1. The molecule has 0 aromatic heterocycles. The van der Waals surface area contributed by atoms with Gasteiger partial charge in [-0.3, -0.25) is 0 Å². The smallest absolute Gasteiger partial charge is 0.343 e. The van der Waals surface area contributed by atoms with E-state index in [4.69, 9.17) is 9.47 Å². The highest BCUT2D eigenvalue weighted by Crippen LogP contribution is 2.26. The Labute approximate surface area is 287 Å². The van der Waals surface area contributed by atoms with Crippen LogP contribution in [0.2, 0.25) is 0 Å². The van der Waals surface area contributed by atoms with E-state index in [-0.39, 0.29) is 12.1 Å². The zero-order valence-electron chi connectivity index (χ0n) is 30.1. The van der Waals surface area contributed by atoms with Gasteiger partial charge in [-0.25, -0.2) is 4.79 Å². The van der Waals surface area contributed by atoms with Crippen LogP contribution >= 0.6 is 0 Å². The van der Waals surface area contributed by atoms with E-state index in [1.807, 2.05) is 48.5 Å². The van der Waals surface area contributed by atoms with Crippen molar-refractivity contribution in [2.24, 2.45) is 0 Å². The molecule has 3 rings (SSSR count). The van der Waals surface area contributed by atoms with E-state index in [0.29, 0.717) is 11.3 Å². The number of carbonyl (C=O) groups excluding carboxylic acids is 1. The summed E-state index contributed by atoms with van der Waals surface area (Å²) in [7, 11) is 0. The van der Waals surface area contributed by atoms with Crippen molar-refractivity contribution >= 4 is 5.97 Å². The summed E-state index contributed by atoms with van der Waals surface area (Å²) in [6.07, 6.45) is 27.3. The highest BCUT2D eigenvalue weighted by molar-refractivity contribution is 5.91. The lowest BCUT2D eigenvalue weighted by atomic mass is 10.0. The lowest BCUT2D eigenvalue weighted by Gasteiger charge is -2.14. The summed E-state index contributed by atoms with van der Waals surface area (Å²) in [5, 5.41) is 0. The molecule has 3 aromatic carbocycles. The van der Waals surface area contributed by atoms with E-state index >= 15 is 0 Å². The van der Waals surface area contributed by atoms with Gasteiger partial charge < -0.3 is 9.47 Å². The zero-order chi connectivity index (χ0) is 33.4. The highest BCUT2D eigenvalue weighted by Gasteiger charge is 2.10. The van der Waals surface area contributed by atoms with Gasteiger partial charge in [0.25, 0.3) is 0 Å². The Balaban J connectivity index is 1.20. The van der Waals surface area contributed by atoms with Gasteiger partial charge in [-0.1, -0.05) is 178 Å². The lowest BCUT2D eigenvalue weighted by molar-refractivity contribution is 0.0627. The molecule has 0 aliphatic rings. The minimum atomic E-state index is -0.329. The van der Waals surface area contributed by atoms with Crippen molar-refractivity contribution in [2.75, 3.05) is 6.61 Å². The molecule has 3 nitrogen and oxygen atoms in total. The van der Waals surface area contributed by atoms with Crippen LogP contribution in [0.3, 0.4) is 0 Å². The van der Waals surface area contributed by atoms with Gasteiger partial charge in [-0.05, 0) is 66.3 Å². The van der Waals surface area contributed by atoms with Crippen molar-refractivity contribution in [1.82, 2.24) is 0 Å². The molecule has 0 aliphatic carbocycles. The summed E-state index contributed by atoms with van der Waals surface area (Å²) in [6.45, 7) is 7.41. The van der Waals surface area contributed by atoms with Gasteiger partial charge in [0.05, 0.1) is 11.7 Å². The molecule has 3 aromatic rings. The number of carbonyl (C=O) groups is 1. The summed E-state index contributed by atoms with van der Waals surface area (Å²) in [4.78, 5) is 12.6. The Morgan fingerprint density at radius 2 is 0.979 bits per heavy atom. The van der Waals surface area contributed by atoms with Gasteiger partial charge >= 0.3 is 5.97 Å². The van der Waals surface area contributed by atoms with E-state index in [2.05, 4.69) is 45.0 Å². The molecule has 3 heteroatoms. The predicted octanol–water partition coefficient (Wildman–Crippen LogP) is 13.6. The predicted molar refractivity (Wildman–Crippen MR) is 200 cm³/mol. The third-order valence-corrected chi connectivity index (χ3v) is 9.37. The van der Waals surface area contributed by atoms with Crippen molar-refractivity contribution in [3.63, 3.8) is 0 Å². The minimum Gasteiger partial charge on any atom is -0.423 e. The van der Waals surface area contributed by atoms with Crippen LogP contribution in [-0.2, 0) is 11.2 Å². The van der Waals surface area contributed by atoms with Crippen molar-refractivity contribution in [3.05, 3.63) is 89.5 Å². The molecular formula is C44H64O3. The van der Waals surface area contributed by atoms with Gasteiger partial charge in [0, 0.05) is 6.61 Å². The molecule has 0 saturated carbocycles. The van der Waals surface area contributed by atoms with E-state index in [1.165, 1.54) is 120 Å². The van der Waals surface area contributed by atoms with Crippen LogP contribution in [0, 0.1) is 0 Å². The molecule has 1 atom stereocenters. The molecule has 47 heavy (non-hydrogen) atoms. The summed E-state index contributed by atoms with van der Waals surface area (Å²) in [5.74, 6) is 0.221. The monoisotopic (exact) mass is 640 g/mol. The summed E-state index contributed by atoms with van der Waals surface area (Å²) < 4.78 is 11.8. The first-order valence-corrected chi connectivity index (χ1v) is 19.2. The van der Waals surface area contributed by atoms with Crippen LogP contribution in [0.1, 0.15) is 170 Å². The first kappa shape index (κ1) is 38.5. The molecule has 0 aliphatic heterocycles. The SMILES string of the molecule is CCCCCCCCCCCCCCCCCCCCOC(C)c1ccc(-c2ccc(OC(=O)c3ccc(CCC)cc3)cc2)cc1. The number of benzene rings is 3. The van der Waals surface area contributed by atoms with Gasteiger partial charge in [-0.15, -0.1) is 0 Å². The van der Waals surface area contributed by atoms with Crippen LogP contribution in [0.15, 0.2) is 72.8 Å². The van der Waals surface area contributed by atoms with Crippen molar-refractivity contribution < 1.29 is 14.3 Å². The average molecular weight is 641 g/mol. The van der Waals surface area contributed by atoms with E-state index in [0.717, 1.165) is 37.0 Å². The molecular weight excluding hydrogens is 576 g/mol. The fourth-order valence-corrected chi connectivity index (χ4v) is 6.28. The second-order valence-electron chi connectivity index (χ2n) is 13.5. The van der Waals surface area contributed by atoms with Gasteiger partial charge in [0.15, 0.2) is 0 Å². The minimum absolute atomic E-state index is 0.0904. The van der Waals surface area contributed by atoms with Gasteiger partial charge in [0.2, 0.25) is 0 Å². The Morgan fingerprint density at radius 3 is 1.45 bits per heavy atom. The van der Waals surface area contributed by atoms with Crippen LogP contribution in [0.25, 0.3) is 11.1 Å². The Hall–Kier alpha value is -2.91.